The molecule has 0 aliphatic carbocycles. The summed E-state index contributed by atoms with van der Waals surface area (Å²) in [5, 5.41) is 6.96. The third kappa shape index (κ3) is 35.5. The molecule has 0 aromatic rings. The van der Waals surface area contributed by atoms with Gasteiger partial charge in [0.05, 0.1) is 11.5 Å². The van der Waals surface area contributed by atoms with Crippen LogP contribution in [0.1, 0.15) is 155 Å². The van der Waals surface area contributed by atoms with Crippen molar-refractivity contribution in [1.82, 2.24) is 25.0 Å². The Bertz CT molecular complexity index is 820. The van der Waals surface area contributed by atoms with E-state index in [-0.39, 0.29) is 11.5 Å². The van der Waals surface area contributed by atoms with Crippen LogP contribution in [0.5, 0.6) is 0 Å². The third-order valence-corrected chi connectivity index (χ3v) is 11.8. The van der Waals surface area contributed by atoms with Crippen LogP contribution in [-0.2, 0) is 20.0 Å². The molecule has 12 heteroatoms. The minimum atomic E-state index is -3.24. The van der Waals surface area contributed by atoms with E-state index in [2.05, 4.69) is 38.8 Å². The molecule has 0 bridgehead atoms. The lowest BCUT2D eigenvalue weighted by Gasteiger charge is -2.22. The quantitative estimate of drug-likeness (QED) is 0.0493. The Hall–Kier alpha value is -0.340. The largest absolute Gasteiger partial charge is 0.330 e. The standard InChI is InChI=1S/C36H80N6O4S2/c1-3-5-7-9-11-13-15-19-35-47(43,44)40-30-23-33-42(32-22-29-39-27-18-17-26-38-28-21-25-37)34-24-31-41-48(45,46)36-20-16-14-12-10-8-6-4-2/h38-41H,3-37H2,1-2H3. The first-order valence-corrected chi connectivity index (χ1v) is 23.3. The highest BCUT2D eigenvalue weighted by Gasteiger charge is 2.12. The van der Waals surface area contributed by atoms with Crippen LogP contribution in [0.15, 0.2) is 0 Å². The van der Waals surface area contributed by atoms with Gasteiger partial charge in [0.15, 0.2) is 0 Å². The van der Waals surface area contributed by atoms with Crippen molar-refractivity contribution >= 4 is 20.0 Å². The molecule has 0 rings (SSSR count). The van der Waals surface area contributed by atoms with Gasteiger partial charge in [-0.2, -0.15) is 0 Å². The number of nitrogens with one attached hydrogen (secondary N) is 4. The van der Waals surface area contributed by atoms with Gasteiger partial charge in [-0.15, -0.1) is 0 Å². The Labute approximate surface area is 298 Å². The van der Waals surface area contributed by atoms with E-state index < -0.39 is 20.0 Å². The summed E-state index contributed by atoms with van der Waals surface area (Å²) < 4.78 is 55.6. The maximum Gasteiger partial charge on any atom is 0.211 e. The van der Waals surface area contributed by atoms with Crippen LogP contribution in [0.25, 0.3) is 0 Å². The molecule has 6 N–H and O–H groups in total. The summed E-state index contributed by atoms with van der Waals surface area (Å²) in [6, 6.07) is 0. The van der Waals surface area contributed by atoms with Crippen molar-refractivity contribution in [3.63, 3.8) is 0 Å². The summed E-state index contributed by atoms with van der Waals surface area (Å²) in [5.41, 5.74) is 5.53. The van der Waals surface area contributed by atoms with E-state index in [4.69, 9.17) is 5.73 Å². The summed E-state index contributed by atoms with van der Waals surface area (Å²) >= 11 is 0. The number of hydrogen-bond acceptors (Lipinski definition) is 8. The van der Waals surface area contributed by atoms with Crippen molar-refractivity contribution in [3.05, 3.63) is 0 Å². The Morgan fingerprint density at radius 2 is 0.750 bits per heavy atom. The number of sulfonamides is 2. The molecule has 48 heavy (non-hydrogen) atoms. The van der Waals surface area contributed by atoms with Crippen molar-refractivity contribution in [2.75, 3.05) is 77.0 Å². The van der Waals surface area contributed by atoms with E-state index in [1.165, 1.54) is 64.2 Å². The highest BCUT2D eigenvalue weighted by Crippen LogP contribution is 2.10. The fourth-order valence-corrected chi connectivity index (χ4v) is 8.16. The topological polar surface area (TPSA) is 146 Å². The van der Waals surface area contributed by atoms with Crippen molar-refractivity contribution in [1.29, 1.82) is 0 Å². The molecular weight excluding hydrogens is 645 g/mol. The van der Waals surface area contributed by atoms with Gasteiger partial charge in [-0.25, -0.2) is 26.3 Å². The summed E-state index contributed by atoms with van der Waals surface area (Å²) in [6.07, 6.45) is 24.0. The number of rotatable bonds is 40. The van der Waals surface area contributed by atoms with E-state index in [0.717, 1.165) is 129 Å². The smallest absolute Gasteiger partial charge is 0.211 e. The van der Waals surface area contributed by atoms with E-state index >= 15 is 0 Å². The first-order chi connectivity index (χ1) is 23.3. The number of hydrogen-bond donors (Lipinski definition) is 5. The Kier molecular flexibility index (Phi) is 34.8. The maximum absolute atomic E-state index is 12.5. The van der Waals surface area contributed by atoms with Crippen molar-refractivity contribution in [3.8, 4) is 0 Å². The highest BCUT2D eigenvalue weighted by atomic mass is 32.2. The van der Waals surface area contributed by atoms with Gasteiger partial charge in [0.25, 0.3) is 0 Å². The first-order valence-electron chi connectivity index (χ1n) is 20.0. The molecule has 0 spiro atoms. The van der Waals surface area contributed by atoms with E-state index in [0.29, 0.717) is 13.1 Å². The van der Waals surface area contributed by atoms with Gasteiger partial charge in [0.1, 0.15) is 0 Å². The molecule has 0 aromatic carbocycles. The van der Waals surface area contributed by atoms with Gasteiger partial charge in [-0.1, -0.05) is 104 Å². The minimum Gasteiger partial charge on any atom is -0.330 e. The zero-order valence-electron chi connectivity index (χ0n) is 31.5. The van der Waals surface area contributed by atoms with Gasteiger partial charge >= 0.3 is 0 Å². The molecule has 0 fully saturated rings. The lowest BCUT2D eigenvalue weighted by Crippen LogP contribution is -2.35. The predicted octanol–water partition coefficient (Wildman–Crippen LogP) is 5.89. The van der Waals surface area contributed by atoms with E-state index in [1.54, 1.807) is 0 Å². The van der Waals surface area contributed by atoms with Gasteiger partial charge in [-0.05, 0) is 104 Å². The summed E-state index contributed by atoms with van der Waals surface area (Å²) in [7, 11) is -6.48. The van der Waals surface area contributed by atoms with Crippen LogP contribution in [0.2, 0.25) is 0 Å². The molecule has 0 atom stereocenters. The SMILES string of the molecule is CCCCCCCCCCS(=O)(=O)NCCCN(CCCNCCCCNCCCN)CCCNS(=O)(=O)CCCCCCCCCC. The molecule has 0 unspecified atom stereocenters. The molecular formula is C36H80N6O4S2. The van der Waals surface area contributed by atoms with Crippen LogP contribution in [0.4, 0.5) is 0 Å². The summed E-state index contributed by atoms with van der Waals surface area (Å²) in [6.45, 7) is 12.5. The predicted molar refractivity (Wildman–Crippen MR) is 208 cm³/mol. The minimum absolute atomic E-state index is 0.209. The van der Waals surface area contributed by atoms with Crippen LogP contribution >= 0.6 is 0 Å². The summed E-state index contributed by atoms with van der Waals surface area (Å²) in [5.74, 6) is 0.417. The average molecular weight is 725 g/mol. The maximum atomic E-state index is 12.5. The molecule has 0 saturated carbocycles. The molecule has 10 nitrogen and oxygen atoms in total. The van der Waals surface area contributed by atoms with Crippen LogP contribution < -0.4 is 25.8 Å². The van der Waals surface area contributed by atoms with Crippen LogP contribution in [0, 0.1) is 0 Å². The zero-order valence-corrected chi connectivity index (χ0v) is 33.1. The molecule has 290 valence electrons. The van der Waals surface area contributed by atoms with Gasteiger partial charge < -0.3 is 21.3 Å². The third-order valence-electron chi connectivity index (χ3n) is 8.82. The average Bonchev–Trinajstić information content (AvgIpc) is 3.06. The highest BCUT2D eigenvalue weighted by molar-refractivity contribution is 7.89. The van der Waals surface area contributed by atoms with Gasteiger partial charge in [0.2, 0.25) is 20.0 Å². The number of nitrogens with two attached hydrogens (primary N) is 1. The first kappa shape index (κ1) is 47.7. The fourth-order valence-electron chi connectivity index (χ4n) is 5.80. The van der Waals surface area contributed by atoms with E-state index in [1.807, 2.05) is 0 Å². The monoisotopic (exact) mass is 725 g/mol. The second-order valence-corrected chi connectivity index (χ2v) is 17.5. The second kappa shape index (κ2) is 35.1. The lowest BCUT2D eigenvalue weighted by atomic mass is 10.1. The Balaban J connectivity index is 4.38. The lowest BCUT2D eigenvalue weighted by molar-refractivity contribution is 0.263. The molecule has 0 amide bonds. The second-order valence-electron chi connectivity index (χ2n) is 13.6. The molecule has 0 aromatic heterocycles. The van der Waals surface area contributed by atoms with Crippen molar-refractivity contribution in [2.45, 2.75) is 155 Å². The molecule has 0 heterocycles. The number of unbranched alkanes of at least 4 members (excludes halogenated alkanes) is 15. The Morgan fingerprint density at radius 1 is 0.417 bits per heavy atom. The normalized spacial score (nSPS) is 12.4. The van der Waals surface area contributed by atoms with Crippen molar-refractivity contribution in [2.24, 2.45) is 5.73 Å². The van der Waals surface area contributed by atoms with Gasteiger partial charge in [0, 0.05) is 13.1 Å². The van der Waals surface area contributed by atoms with Crippen molar-refractivity contribution < 1.29 is 16.8 Å². The van der Waals surface area contributed by atoms with E-state index in [9.17, 15) is 16.8 Å². The molecule has 0 radical (unpaired) electrons. The van der Waals surface area contributed by atoms with Crippen LogP contribution in [-0.4, -0.2) is 98.7 Å². The molecule has 0 aliphatic heterocycles. The summed E-state index contributed by atoms with van der Waals surface area (Å²) in [4.78, 5) is 2.35. The van der Waals surface area contributed by atoms with Crippen LogP contribution in [0.3, 0.4) is 0 Å². The molecule has 0 aliphatic rings. The zero-order chi connectivity index (χ0) is 35.4. The number of nitrogens with zero attached hydrogens (tertiary/aromatic N) is 1. The fraction of sp³-hybridized carbons (Fsp3) is 1.00. The molecule has 0 saturated heterocycles. The Morgan fingerprint density at radius 3 is 1.15 bits per heavy atom. The van der Waals surface area contributed by atoms with Gasteiger partial charge in [-0.3, -0.25) is 0 Å².